The largest absolute Gasteiger partial charge is 0.366 e. The van der Waals surface area contributed by atoms with E-state index in [1.807, 2.05) is 24.3 Å². The Morgan fingerprint density at radius 3 is 2.65 bits per heavy atom. The number of nitrogens with two attached hydrogens (primary N) is 1. The van der Waals surface area contributed by atoms with Crippen molar-refractivity contribution in [3.8, 4) is 11.4 Å². The van der Waals surface area contributed by atoms with Crippen molar-refractivity contribution in [1.82, 2.24) is 14.8 Å². The van der Waals surface area contributed by atoms with Crippen LogP contribution in [0.3, 0.4) is 0 Å². The molecular formula is C21H20ClN5O3S. The molecule has 2 aromatic carbocycles. The number of benzene rings is 2. The van der Waals surface area contributed by atoms with Crippen molar-refractivity contribution in [3.63, 3.8) is 0 Å². The number of nitrogens with zero attached hydrogens (tertiary/aromatic N) is 4. The third-order valence-electron chi connectivity index (χ3n) is 5.39. The van der Waals surface area contributed by atoms with Crippen molar-refractivity contribution >= 4 is 35.0 Å². The van der Waals surface area contributed by atoms with Crippen LogP contribution in [0.15, 0.2) is 47.6 Å². The molecule has 0 atom stereocenters. The minimum absolute atomic E-state index is 0.107. The number of carbonyl (C=O) groups excluding carboxylic acids is 1. The van der Waals surface area contributed by atoms with Crippen molar-refractivity contribution < 1.29 is 9.72 Å². The average Bonchev–Trinajstić information content (AvgIpc) is 3.42. The Bertz CT molecular complexity index is 1140. The minimum atomic E-state index is -0.701. The maximum atomic E-state index is 11.5. The van der Waals surface area contributed by atoms with Gasteiger partial charge in [0.25, 0.3) is 5.69 Å². The maximum absolute atomic E-state index is 11.5. The number of carbonyl (C=O) groups is 1. The highest BCUT2D eigenvalue weighted by Crippen LogP contribution is 2.39. The molecule has 1 amide bonds. The van der Waals surface area contributed by atoms with Crippen LogP contribution in [-0.2, 0) is 5.75 Å². The molecule has 3 aromatic rings. The molecule has 8 nitrogen and oxygen atoms in total. The average molecular weight is 458 g/mol. The number of aromatic nitrogens is 3. The van der Waals surface area contributed by atoms with E-state index < -0.39 is 10.8 Å². The Hall–Kier alpha value is -2.91. The molecule has 0 radical (unpaired) electrons. The first-order chi connectivity index (χ1) is 15.0. The van der Waals surface area contributed by atoms with Gasteiger partial charge in [-0.1, -0.05) is 54.4 Å². The smallest absolute Gasteiger partial charge is 0.274 e. The van der Waals surface area contributed by atoms with Crippen molar-refractivity contribution in [3.05, 3.63) is 68.7 Å². The zero-order chi connectivity index (χ0) is 22.0. The first kappa shape index (κ1) is 21.3. The summed E-state index contributed by atoms with van der Waals surface area (Å²) in [6.07, 6.45) is 4.32. The summed E-state index contributed by atoms with van der Waals surface area (Å²) in [5, 5.41) is 21.6. The molecule has 0 spiro atoms. The van der Waals surface area contributed by atoms with Crippen LogP contribution in [-0.4, -0.2) is 25.6 Å². The van der Waals surface area contributed by atoms with Crippen LogP contribution >= 0.6 is 23.4 Å². The summed E-state index contributed by atoms with van der Waals surface area (Å²) in [7, 11) is 0. The third-order valence-corrected chi connectivity index (χ3v) is 6.71. The first-order valence-electron chi connectivity index (χ1n) is 9.85. The fraction of sp³-hybridized carbons (Fsp3) is 0.286. The summed E-state index contributed by atoms with van der Waals surface area (Å²) in [5.74, 6) is 0.314. The highest BCUT2D eigenvalue weighted by molar-refractivity contribution is 7.98. The van der Waals surface area contributed by atoms with Crippen LogP contribution in [0.1, 0.15) is 47.6 Å². The molecule has 1 aliphatic rings. The summed E-state index contributed by atoms with van der Waals surface area (Å²) in [4.78, 5) is 22.4. The molecule has 0 aliphatic heterocycles. The van der Waals surface area contributed by atoms with Gasteiger partial charge in [0, 0.05) is 34.6 Å². The number of rotatable bonds is 7. The third kappa shape index (κ3) is 4.42. The second-order valence-electron chi connectivity index (χ2n) is 7.35. The lowest BCUT2D eigenvalue weighted by molar-refractivity contribution is -0.385. The number of halogens is 1. The molecule has 1 aliphatic carbocycles. The molecule has 1 aromatic heterocycles. The van der Waals surface area contributed by atoms with Crippen LogP contribution in [0.25, 0.3) is 11.4 Å². The molecule has 2 N–H and O–H groups in total. The molecule has 1 fully saturated rings. The van der Waals surface area contributed by atoms with E-state index in [0.29, 0.717) is 27.3 Å². The Balaban J connectivity index is 1.68. The van der Waals surface area contributed by atoms with Crippen molar-refractivity contribution in [2.75, 3.05) is 0 Å². The summed E-state index contributed by atoms with van der Waals surface area (Å²) < 4.78 is 2.11. The number of nitro groups is 1. The molecule has 1 heterocycles. The normalized spacial score (nSPS) is 14.1. The van der Waals surface area contributed by atoms with Gasteiger partial charge in [0.1, 0.15) is 0 Å². The van der Waals surface area contributed by atoms with E-state index in [1.54, 1.807) is 6.07 Å². The van der Waals surface area contributed by atoms with E-state index in [0.717, 1.165) is 31.2 Å². The monoisotopic (exact) mass is 457 g/mol. The predicted molar refractivity (Wildman–Crippen MR) is 119 cm³/mol. The Labute approximate surface area is 188 Å². The van der Waals surface area contributed by atoms with Crippen LogP contribution < -0.4 is 5.73 Å². The molecule has 4 rings (SSSR count). The Kier molecular flexibility index (Phi) is 6.24. The highest BCUT2D eigenvalue weighted by Gasteiger charge is 2.26. The van der Waals surface area contributed by atoms with E-state index >= 15 is 0 Å². The predicted octanol–water partition coefficient (Wildman–Crippen LogP) is 5.01. The fourth-order valence-electron chi connectivity index (χ4n) is 3.84. The molecule has 31 heavy (non-hydrogen) atoms. The molecular weight excluding hydrogens is 438 g/mol. The van der Waals surface area contributed by atoms with Crippen LogP contribution in [0.4, 0.5) is 5.69 Å². The SMILES string of the molecule is NC(=O)c1ccc(CSc2nnc(-c3ccccc3Cl)n2C2CCCC2)c([N+](=O)[O-])c1. The van der Waals surface area contributed by atoms with Crippen LogP contribution in [0, 0.1) is 10.1 Å². The standard InChI is InChI=1S/C21H20ClN5O3S/c22-17-8-4-3-7-16(17)20-24-25-21(26(20)15-5-1-2-6-15)31-12-14-10-9-13(19(23)28)11-18(14)27(29)30/h3-4,7-11,15H,1-2,5-6,12H2,(H2,23,28). The first-order valence-corrected chi connectivity index (χ1v) is 11.2. The molecule has 0 bridgehead atoms. The van der Waals surface area contributed by atoms with E-state index in [1.165, 1.54) is 23.9 Å². The van der Waals surface area contributed by atoms with Gasteiger partial charge in [0.05, 0.1) is 9.95 Å². The second-order valence-corrected chi connectivity index (χ2v) is 8.70. The highest BCUT2D eigenvalue weighted by atomic mass is 35.5. The lowest BCUT2D eigenvalue weighted by Crippen LogP contribution is -2.11. The van der Waals surface area contributed by atoms with Crippen molar-refractivity contribution in [2.24, 2.45) is 5.73 Å². The van der Waals surface area contributed by atoms with Crippen molar-refractivity contribution in [1.29, 1.82) is 0 Å². The number of nitro benzene ring substituents is 1. The number of amides is 1. The summed E-state index contributed by atoms with van der Waals surface area (Å²) >= 11 is 7.79. The summed E-state index contributed by atoms with van der Waals surface area (Å²) in [6.45, 7) is 0. The van der Waals surface area contributed by atoms with Gasteiger partial charge in [-0.25, -0.2) is 0 Å². The molecule has 160 valence electrons. The van der Waals surface area contributed by atoms with Gasteiger partial charge >= 0.3 is 0 Å². The van der Waals surface area contributed by atoms with Crippen LogP contribution in [0.2, 0.25) is 5.02 Å². The Morgan fingerprint density at radius 2 is 1.97 bits per heavy atom. The number of hydrogen-bond donors (Lipinski definition) is 1. The lowest BCUT2D eigenvalue weighted by Gasteiger charge is -2.17. The van der Waals surface area contributed by atoms with Gasteiger partial charge in [-0.3, -0.25) is 19.5 Å². The van der Waals surface area contributed by atoms with E-state index in [2.05, 4.69) is 14.8 Å². The van der Waals surface area contributed by atoms with E-state index in [-0.39, 0.29) is 17.3 Å². The van der Waals surface area contributed by atoms with Gasteiger partial charge in [-0.05, 0) is 31.0 Å². The van der Waals surface area contributed by atoms with Gasteiger partial charge in [-0.2, -0.15) is 0 Å². The molecule has 10 heteroatoms. The fourth-order valence-corrected chi connectivity index (χ4v) is 5.07. The van der Waals surface area contributed by atoms with Crippen LogP contribution in [0.5, 0.6) is 0 Å². The topological polar surface area (TPSA) is 117 Å². The van der Waals surface area contributed by atoms with E-state index in [4.69, 9.17) is 17.3 Å². The minimum Gasteiger partial charge on any atom is -0.366 e. The maximum Gasteiger partial charge on any atom is 0.274 e. The number of primary amides is 1. The van der Waals surface area contributed by atoms with Gasteiger partial charge in [-0.15, -0.1) is 10.2 Å². The quantitative estimate of drug-likeness (QED) is 0.302. The van der Waals surface area contributed by atoms with Gasteiger partial charge < -0.3 is 5.73 Å². The number of hydrogen-bond acceptors (Lipinski definition) is 6. The second kappa shape index (κ2) is 9.07. The van der Waals surface area contributed by atoms with E-state index in [9.17, 15) is 14.9 Å². The van der Waals surface area contributed by atoms with Gasteiger partial charge in [0.15, 0.2) is 11.0 Å². The molecule has 0 unspecified atom stereocenters. The zero-order valence-corrected chi connectivity index (χ0v) is 18.1. The summed E-state index contributed by atoms with van der Waals surface area (Å²) in [5.41, 5.74) is 6.53. The van der Waals surface area contributed by atoms with Crippen molar-refractivity contribution in [2.45, 2.75) is 42.6 Å². The Morgan fingerprint density at radius 1 is 1.23 bits per heavy atom. The zero-order valence-electron chi connectivity index (χ0n) is 16.5. The molecule has 0 saturated heterocycles. The number of thioether (sulfide) groups is 1. The van der Waals surface area contributed by atoms with Gasteiger partial charge in [0.2, 0.25) is 5.91 Å². The molecule has 1 saturated carbocycles. The lowest BCUT2D eigenvalue weighted by atomic mass is 10.1. The summed E-state index contributed by atoms with van der Waals surface area (Å²) in [6, 6.07) is 12.1.